The summed E-state index contributed by atoms with van der Waals surface area (Å²) >= 11 is 0. The SMILES string of the molecule is O=C(OCCCCCCCCCCCCCOC(=O)c1ccc2ccc3cccc4ccc1c2c34)c1ccc2ccc3cccc4ccc1c2c34. The standard InChI is InChI=1S/C47H44O4/c48-46(40-28-24-36-20-18-32-14-12-16-34-22-26-38(40)44(36)42(32)34)50-30-10-8-6-4-2-1-3-5-7-9-11-31-51-47(49)41-29-25-37-21-19-33-15-13-17-35-23-27-39(41)45(37)43(33)35/h12-29H,1-11,30-31H2. The Hall–Kier alpha value is -5.22. The third-order valence-electron chi connectivity index (χ3n) is 10.8. The molecule has 4 heteroatoms. The first-order valence-corrected chi connectivity index (χ1v) is 18.8. The molecule has 0 radical (unpaired) electrons. The molecule has 0 spiro atoms. The highest BCUT2D eigenvalue weighted by atomic mass is 16.5. The predicted octanol–water partition coefficient (Wildman–Crippen LogP) is 12.8. The Morgan fingerprint density at radius 3 is 1.00 bits per heavy atom. The Bertz CT molecular complexity index is 2250. The van der Waals surface area contributed by atoms with Gasteiger partial charge in [0.05, 0.1) is 24.3 Å². The van der Waals surface area contributed by atoms with Gasteiger partial charge in [-0.3, -0.25) is 0 Å². The zero-order valence-electron chi connectivity index (χ0n) is 29.2. The van der Waals surface area contributed by atoms with E-state index in [0.717, 1.165) is 58.0 Å². The summed E-state index contributed by atoms with van der Waals surface area (Å²) in [7, 11) is 0. The second kappa shape index (κ2) is 14.9. The van der Waals surface area contributed by atoms with Crippen molar-refractivity contribution >= 4 is 76.6 Å². The van der Waals surface area contributed by atoms with Crippen molar-refractivity contribution < 1.29 is 19.1 Å². The summed E-state index contributed by atoms with van der Waals surface area (Å²) < 4.78 is 11.5. The molecule has 0 atom stereocenters. The van der Waals surface area contributed by atoms with Gasteiger partial charge in [0.25, 0.3) is 0 Å². The molecule has 0 unspecified atom stereocenters. The smallest absolute Gasteiger partial charge is 0.338 e. The number of hydrogen-bond donors (Lipinski definition) is 0. The molecular weight excluding hydrogens is 629 g/mol. The van der Waals surface area contributed by atoms with Crippen molar-refractivity contribution in [1.82, 2.24) is 0 Å². The van der Waals surface area contributed by atoms with E-state index in [-0.39, 0.29) is 11.9 Å². The number of carbonyl (C=O) groups excluding carboxylic acids is 2. The van der Waals surface area contributed by atoms with Crippen LogP contribution in [0.4, 0.5) is 0 Å². The van der Waals surface area contributed by atoms with Gasteiger partial charge in [-0.25, -0.2) is 9.59 Å². The van der Waals surface area contributed by atoms with Crippen LogP contribution in [-0.4, -0.2) is 25.2 Å². The molecule has 0 aliphatic heterocycles. The van der Waals surface area contributed by atoms with Crippen LogP contribution in [0.1, 0.15) is 91.3 Å². The fourth-order valence-corrected chi connectivity index (χ4v) is 8.11. The molecule has 0 N–H and O–H groups in total. The van der Waals surface area contributed by atoms with E-state index in [9.17, 15) is 9.59 Å². The van der Waals surface area contributed by atoms with E-state index in [4.69, 9.17) is 9.47 Å². The minimum atomic E-state index is -0.227. The fourth-order valence-electron chi connectivity index (χ4n) is 8.11. The molecule has 0 fully saturated rings. The molecular formula is C47H44O4. The quantitative estimate of drug-likeness (QED) is 0.0582. The second-order valence-electron chi connectivity index (χ2n) is 14.1. The maximum atomic E-state index is 13.1. The average Bonchev–Trinajstić information content (AvgIpc) is 3.17. The van der Waals surface area contributed by atoms with Gasteiger partial charge in [-0.15, -0.1) is 0 Å². The Morgan fingerprint density at radius 2 is 0.627 bits per heavy atom. The molecule has 0 aliphatic carbocycles. The maximum absolute atomic E-state index is 13.1. The Balaban J connectivity index is 0.685. The highest BCUT2D eigenvalue weighted by molar-refractivity contribution is 6.27. The lowest BCUT2D eigenvalue weighted by molar-refractivity contribution is 0.0491. The molecule has 0 bridgehead atoms. The number of unbranched alkanes of at least 4 members (excludes halogenated alkanes) is 10. The lowest BCUT2D eigenvalue weighted by Crippen LogP contribution is -2.07. The topological polar surface area (TPSA) is 52.6 Å². The number of hydrogen-bond acceptors (Lipinski definition) is 4. The third-order valence-corrected chi connectivity index (χ3v) is 10.8. The lowest BCUT2D eigenvalue weighted by Gasteiger charge is -2.13. The predicted molar refractivity (Wildman–Crippen MR) is 212 cm³/mol. The van der Waals surface area contributed by atoms with Crippen molar-refractivity contribution in [2.45, 2.75) is 70.6 Å². The van der Waals surface area contributed by atoms with Crippen molar-refractivity contribution in [3.8, 4) is 0 Å². The van der Waals surface area contributed by atoms with Gasteiger partial charge in [-0.1, -0.05) is 155 Å². The van der Waals surface area contributed by atoms with Crippen LogP contribution in [0.3, 0.4) is 0 Å². The van der Waals surface area contributed by atoms with Crippen molar-refractivity contribution in [2.24, 2.45) is 0 Å². The third kappa shape index (κ3) is 6.68. The highest BCUT2D eigenvalue weighted by Gasteiger charge is 2.17. The first-order chi connectivity index (χ1) is 25.2. The molecule has 256 valence electrons. The first kappa shape index (κ1) is 33.0. The van der Waals surface area contributed by atoms with E-state index < -0.39 is 0 Å². The van der Waals surface area contributed by atoms with E-state index in [0.29, 0.717) is 24.3 Å². The molecule has 0 amide bonds. The van der Waals surface area contributed by atoms with Gasteiger partial charge >= 0.3 is 11.9 Å². The normalized spacial score (nSPS) is 11.9. The number of rotatable bonds is 16. The summed E-state index contributed by atoms with van der Waals surface area (Å²) in [6.07, 6.45) is 12.5. The molecule has 8 aromatic rings. The summed E-state index contributed by atoms with van der Waals surface area (Å²) in [5.74, 6) is -0.454. The van der Waals surface area contributed by atoms with E-state index in [1.165, 1.54) is 77.3 Å². The Morgan fingerprint density at radius 1 is 0.333 bits per heavy atom. The van der Waals surface area contributed by atoms with E-state index in [1.54, 1.807) is 0 Å². The zero-order valence-corrected chi connectivity index (χ0v) is 29.2. The second-order valence-corrected chi connectivity index (χ2v) is 14.1. The molecule has 51 heavy (non-hydrogen) atoms. The van der Waals surface area contributed by atoms with Crippen LogP contribution in [0.15, 0.2) is 109 Å². The van der Waals surface area contributed by atoms with Gasteiger partial charge in [0.2, 0.25) is 0 Å². The van der Waals surface area contributed by atoms with E-state index in [2.05, 4.69) is 84.9 Å². The summed E-state index contributed by atoms with van der Waals surface area (Å²) in [4.78, 5) is 26.1. The van der Waals surface area contributed by atoms with Gasteiger partial charge in [0, 0.05) is 0 Å². The van der Waals surface area contributed by atoms with Gasteiger partial charge in [-0.05, 0) is 89.6 Å². The van der Waals surface area contributed by atoms with Crippen LogP contribution < -0.4 is 0 Å². The summed E-state index contributed by atoms with van der Waals surface area (Å²) in [6, 6.07) is 37.5. The van der Waals surface area contributed by atoms with Gasteiger partial charge in [0.15, 0.2) is 0 Å². The van der Waals surface area contributed by atoms with Gasteiger partial charge < -0.3 is 9.47 Å². The van der Waals surface area contributed by atoms with Crippen LogP contribution >= 0.6 is 0 Å². The van der Waals surface area contributed by atoms with Crippen LogP contribution in [0.5, 0.6) is 0 Å². The van der Waals surface area contributed by atoms with Crippen LogP contribution in [-0.2, 0) is 9.47 Å². The maximum Gasteiger partial charge on any atom is 0.338 e. The van der Waals surface area contributed by atoms with E-state index in [1.807, 2.05) is 24.3 Å². The van der Waals surface area contributed by atoms with Crippen molar-refractivity contribution in [3.05, 3.63) is 120 Å². The highest BCUT2D eigenvalue weighted by Crippen LogP contribution is 2.37. The monoisotopic (exact) mass is 672 g/mol. The van der Waals surface area contributed by atoms with Crippen LogP contribution in [0.25, 0.3) is 64.6 Å². The fraction of sp³-hybridized carbons (Fsp3) is 0.277. The number of benzene rings is 8. The molecule has 0 aromatic heterocycles. The number of carbonyl (C=O) groups is 2. The molecule has 0 saturated carbocycles. The van der Waals surface area contributed by atoms with E-state index >= 15 is 0 Å². The largest absolute Gasteiger partial charge is 0.462 e. The molecule has 0 heterocycles. The van der Waals surface area contributed by atoms with Gasteiger partial charge in [0.1, 0.15) is 0 Å². The minimum absolute atomic E-state index is 0.227. The van der Waals surface area contributed by atoms with Crippen molar-refractivity contribution in [3.63, 3.8) is 0 Å². The minimum Gasteiger partial charge on any atom is -0.462 e. The number of esters is 2. The number of ether oxygens (including phenoxy) is 2. The van der Waals surface area contributed by atoms with Crippen molar-refractivity contribution in [1.29, 1.82) is 0 Å². The van der Waals surface area contributed by atoms with Crippen molar-refractivity contribution in [2.75, 3.05) is 13.2 Å². The summed E-state index contributed by atoms with van der Waals surface area (Å²) in [5, 5.41) is 13.8. The molecule has 0 aliphatic rings. The Kier molecular flexibility index (Phi) is 9.66. The molecule has 8 aromatic carbocycles. The molecule has 0 saturated heterocycles. The summed E-state index contributed by atoms with van der Waals surface area (Å²) in [6.45, 7) is 0.934. The zero-order chi connectivity index (χ0) is 34.6. The van der Waals surface area contributed by atoms with Crippen LogP contribution in [0.2, 0.25) is 0 Å². The average molecular weight is 673 g/mol. The molecule has 4 nitrogen and oxygen atoms in total. The summed E-state index contributed by atoms with van der Waals surface area (Å²) in [5.41, 5.74) is 1.31. The lowest BCUT2D eigenvalue weighted by atomic mass is 9.92. The molecule has 8 rings (SSSR count). The van der Waals surface area contributed by atoms with Gasteiger partial charge in [-0.2, -0.15) is 0 Å². The first-order valence-electron chi connectivity index (χ1n) is 18.8. The Labute approximate surface area is 299 Å². The van der Waals surface area contributed by atoms with Crippen LogP contribution in [0, 0.1) is 0 Å².